The van der Waals surface area contributed by atoms with E-state index in [1.165, 1.54) is 6.07 Å². The normalized spacial score (nSPS) is 25.1. The van der Waals surface area contributed by atoms with Crippen LogP contribution < -0.4 is 5.32 Å². The van der Waals surface area contributed by atoms with Crippen molar-refractivity contribution >= 4 is 6.09 Å². The molecule has 1 aromatic carbocycles. The van der Waals surface area contributed by atoms with Crippen LogP contribution in [0.4, 0.5) is 9.18 Å². The molecule has 2 N–H and O–H groups in total. The van der Waals surface area contributed by atoms with Crippen LogP contribution in [0.1, 0.15) is 31.2 Å². The van der Waals surface area contributed by atoms with E-state index in [1.54, 1.807) is 6.07 Å². The van der Waals surface area contributed by atoms with Gasteiger partial charge in [-0.1, -0.05) is 18.2 Å². The first kappa shape index (κ1) is 13.4. The lowest BCUT2D eigenvalue weighted by Gasteiger charge is -2.49. The number of rotatable bonds is 3. The lowest BCUT2D eigenvalue weighted by atomic mass is 9.70. The summed E-state index contributed by atoms with van der Waals surface area (Å²) in [7, 11) is 0. The molecule has 1 aromatic rings. The third-order valence-corrected chi connectivity index (χ3v) is 4.68. The zero-order valence-electron chi connectivity index (χ0n) is 11.3. The third-order valence-electron chi connectivity index (χ3n) is 4.68. The van der Waals surface area contributed by atoms with Crippen molar-refractivity contribution < 1.29 is 14.3 Å². The van der Waals surface area contributed by atoms with E-state index >= 15 is 0 Å². The second kappa shape index (κ2) is 5.05. The van der Waals surface area contributed by atoms with Crippen LogP contribution in [0.3, 0.4) is 0 Å². The highest BCUT2D eigenvalue weighted by Crippen LogP contribution is 2.48. The Morgan fingerprint density at radius 1 is 1.40 bits per heavy atom. The number of amides is 1. The van der Waals surface area contributed by atoms with Crippen LogP contribution in [0.25, 0.3) is 0 Å². The number of carboxylic acid groups (broad SMARTS) is 1. The highest BCUT2D eigenvalue weighted by atomic mass is 19.1. The Labute approximate surface area is 117 Å². The maximum atomic E-state index is 14.1. The summed E-state index contributed by atoms with van der Waals surface area (Å²) in [6, 6.07) is 6.92. The van der Waals surface area contributed by atoms with Crippen molar-refractivity contribution in [1.29, 1.82) is 0 Å². The van der Waals surface area contributed by atoms with Crippen molar-refractivity contribution in [2.45, 2.75) is 37.3 Å². The molecule has 1 saturated carbocycles. The summed E-state index contributed by atoms with van der Waals surface area (Å²) in [6.45, 7) is 1.49. The van der Waals surface area contributed by atoms with Gasteiger partial charge in [0.25, 0.3) is 0 Å². The van der Waals surface area contributed by atoms with Crippen LogP contribution in [-0.2, 0) is 5.54 Å². The van der Waals surface area contributed by atoms with E-state index in [1.807, 2.05) is 12.1 Å². The Bertz CT molecular complexity index is 516. The predicted octanol–water partition coefficient (Wildman–Crippen LogP) is 2.55. The zero-order valence-corrected chi connectivity index (χ0v) is 11.3. The molecule has 1 aliphatic heterocycles. The van der Waals surface area contributed by atoms with Gasteiger partial charge >= 0.3 is 6.09 Å². The summed E-state index contributed by atoms with van der Waals surface area (Å²) in [5, 5.41) is 11.3. The van der Waals surface area contributed by atoms with Crippen LogP contribution in [0.2, 0.25) is 0 Å². The van der Waals surface area contributed by atoms with Gasteiger partial charge in [-0.15, -0.1) is 0 Å². The number of carbonyl (C=O) groups is 1. The molecule has 1 unspecified atom stereocenters. The molecule has 1 heterocycles. The number of nitrogens with one attached hydrogen (secondary N) is 1. The van der Waals surface area contributed by atoms with Gasteiger partial charge in [-0.05, 0) is 31.7 Å². The summed E-state index contributed by atoms with van der Waals surface area (Å²) in [6.07, 6.45) is 2.82. The summed E-state index contributed by atoms with van der Waals surface area (Å²) < 4.78 is 14.1. The summed E-state index contributed by atoms with van der Waals surface area (Å²) in [5.74, 6) is -0.151. The van der Waals surface area contributed by atoms with E-state index < -0.39 is 6.09 Å². The van der Waals surface area contributed by atoms with Crippen LogP contribution >= 0.6 is 0 Å². The quantitative estimate of drug-likeness (QED) is 0.893. The Kier molecular flexibility index (Phi) is 3.38. The van der Waals surface area contributed by atoms with Gasteiger partial charge in [0.2, 0.25) is 0 Å². The molecular weight excluding hydrogens is 259 g/mol. The monoisotopic (exact) mass is 278 g/mol. The van der Waals surface area contributed by atoms with E-state index in [4.69, 9.17) is 5.11 Å². The second-order valence-electron chi connectivity index (χ2n) is 5.75. The van der Waals surface area contributed by atoms with Gasteiger partial charge < -0.3 is 10.4 Å². The fourth-order valence-electron chi connectivity index (χ4n) is 3.55. The lowest BCUT2D eigenvalue weighted by Crippen LogP contribution is -2.51. The average molecular weight is 278 g/mol. The van der Waals surface area contributed by atoms with Crippen LogP contribution in [0.5, 0.6) is 0 Å². The highest BCUT2D eigenvalue weighted by Gasteiger charge is 2.47. The van der Waals surface area contributed by atoms with Gasteiger partial charge in [-0.2, -0.15) is 0 Å². The minimum absolute atomic E-state index is 0.0447. The standard InChI is InChI=1S/C15H19FN2O2/c16-13-5-2-1-4-12(13)15(7-3-8-15)18-9-6-11(10-18)17-14(19)20/h1-2,4-5,11,17H,3,6-10H2,(H,19,20). The Morgan fingerprint density at radius 2 is 2.15 bits per heavy atom. The van der Waals surface area contributed by atoms with Crippen LogP contribution in [0.15, 0.2) is 24.3 Å². The molecule has 0 spiro atoms. The molecule has 0 aromatic heterocycles. The number of nitrogens with zero attached hydrogens (tertiary/aromatic N) is 1. The molecule has 5 heteroatoms. The zero-order chi connectivity index (χ0) is 14.2. The minimum atomic E-state index is -0.981. The Balaban J connectivity index is 1.81. The topological polar surface area (TPSA) is 52.6 Å². The smallest absolute Gasteiger partial charge is 0.404 e. The molecule has 1 saturated heterocycles. The molecule has 1 aliphatic carbocycles. The molecule has 2 aliphatic rings. The molecule has 2 fully saturated rings. The molecule has 1 atom stereocenters. The van der Waals surface area contributed by atoms with E-state index in [0.717, 1.165) is 37.8 Å². The molecule has 3 rings (SSSR count). The summed E-state index contributed by atoms with van der Waals surface area (Å²) >= 11 is 0. The molecule has 0 bridgehead atoms. The number of benzene rings is 1. The largest absolute Gasteiger partial charge is 0.465 e. The minimum Gasteiger partial charge on any atom is -0.465 e. The first-order chi connectivity index (χ1) is 9.62. The molecule has 0 radical (unpaired) electrons. The van der Waals surface area contributed by atoms with Gasteiger partial charge in [0.15, 0.2) is 0 Å². The highest BCUT2D eigenvalue weighted by molar-refractivity contribution is 5.64. The van der Waals surface area contributed by atoms with Gasteiger partial charge in [0.1, 0.15) is 5.82 Å². The third kappa shape index (κ3) is 2.16. The van der Waals surface area contributed by atoms with Crippen molar-refractivity contribution in [2.24, 2.45) is 0 Å². The van der Waals surface area contributed by atoms with Gasteiger partial charge in [0, 0.05) is 30.2 Å². The number of halogens is 1. The fraction of sp³-hybridized carbons (Fsp3) is 0.533. The Hall–Kier alpha value is -1.62. The van der Waals surface area contributed by atoms with Crippen molar-refractivity contribution in [3.8, 4) is 0 Å². The first-order valence-corrected chi connectivity index (χ1v) is 7.11. The predicted molar refractivity (Wildman–Crippen MR) is 73.1 cm³/mol. The average Bonchev–Trinajstić information content (AvgIpc) is 2.78. The number of hydrogen-bond donors (Lipinski definition) is 2. The molecular formula is C15H19FN2O2. The summed E-state index contributed by atoms with van der Waals surface area (Å²) in [5.41, 5.74) is 0.544. The Morgan fingerprint density at radius 3 is 2.75 bits per heavy atom. The maximum Gasteiger partial charge on any atom is 0.404 e. The van der Waals surface area contributed by atoms with E-state index in [9.17, 15) is 9.18 Å². The second-order valence-corrected chi connectivity index (χ2v) is 5.75. The van der Waals surface area contributed by atoms with Crippen molar-refractivity contribution in [3.63, 3.8) is 0 Å². The summed E-state index contributed by atoms with van der Waals surface area (Å²) in [4.78, 5) is 13.0. The van der Waals surface area contributed by atoms with E-state index in [2.05, 4.69) is 10.2 Å². The van der Waals surface area contributed by atoms with Gasteiger partial charge in [-0.3, -0.25) is 4.90 Å². The van der Waals surface area contributed by atoms with Crippen LogP contribution in [-0.4, -0.2) is 35.2 Å². The van der Waals surface area contributed by atoms with Crippen molar-refractivity contribution in [2.75, 3.05) is 13.1 Å². The van der Waals surface area contributed by atoms with Gasteiger partial charge in [0.05, 0.1) is 0 Å². The van der Waals surface area contributed by atoms with Crippen LogP contribution in [0, 0.1) is 5.82 Å². The van der Waals surface area contributed by atoms with E-state index in [0.29, 0.717) is 6.54 Å². The van der Waals surface area contributed by atoms with Crippen molar-refractivity contribution in [3.05, 3.63) is 35.6 Å². The molecule has 1 amide bonds. The fourth-order valence-corrected chi connectivity index (χ4v) is 3.55. The number of likely N-dealkylation sites (tertiary alicyclic amines) is 1. The first-order valence-electron chi connectivity index (χ1n) is 7.11. The maximum absolute atomic E-state index is 14.1. The van der Waals surface area contributed by atoms with Crippen molar-refractivity contribution in [1.82, 2.24) is 10.2 Å². The SMILES string of the molecule is O=C(O)NC1CCN(C2(c3ccccc3F)CCC2)C1. The lowest BCUT2D eigenvalue weighted by molar-refractivity contribution is 0.0272. The number of hydrogen-bond acceptors (Lipinski definition) is 2. The van der Waals surface area contributed by atoms with E-state index in [-0.39, 0.29) is 17.4 Å². The molecule has 4 nitrogen and oxygen atoms in total. The molecule has 108 valence electrons. The van der Waals surface area contributed by atoms with Gasteiger partial charge in [-0.25, -0.2) is 9.18 Å². The molecule has 20 heavy (non-hydrogen) atoms.